The Balaban J connectivity index is 1.23. The Labute approximate surface area is 169 Å². The number of aromatic amines is 2. The third-order valence-electron chi connectivity index (χ3n) is 5.90. The molecule has 5 rings (SSSR count). The van der Waals surface area contributed by atoms with Crippen LogP contribution in [0.5, 0.6) is 0 Å². The number of aromatic nitrogens is 3. The Morgan fingerprint density at radius 1 is 1.10 bits per heavy atom. The summed E-state index contributed by atoms with van der Waals surface area (Å²) in [7, 11) is 0. The van der Waals surface area contributed by atoms with E-state index < -0.39 is 0 Å². The molecule has 0 unspecified atom stereocenters. The van der Waals surface area contributed by atoms with Gasteiger partial charge in [-0.05, 0) is 60.5 Å². The number of carbonyl (C=O) groups excluding carboxylic acids is 1. The largest absolute Gasteiger partial charge is 0.357 e. The molecule has 1 saturated carbocycles. The molecule has 2 aromatic heterocycles. The smallest absolute Gasteiger partial charge is 0.252 e. The van der Waals surface area contributed by atoms with Crippen LogP contribution in [0.1, 0.15) is 40.9 Å². The van der Waals surface area contributed by atoms with Crippen LogP contribution in [0.3, 0.4) is 0 Å². The van der Waals surface area contributed by atoms with E-state index in [-0.39, 0.29) is 5.91 Å². The van der Waals surface area contributed by atoms with Gasteiger partial charge < -0.3 is 15.6 Å². The minimum Gasteiger partial charge on any atom is -0.357 e. The SMILES string of the molecule is O=C(NCc1ccc2cc(CNCC3CCC3)[nH]c2c1)c1cccc2[nH]ncc12. The van der Waals surface area contributed by atoms with Gasteiger partial charge in [-0.25, -0.2) is 0 Å². The van der Waals surface area contributed by atoms with E-state index in [1.54, 1.807) is 6.20 Å². The van der Waals surface area contributed by atoms with Crippen LogP contribution in [0.2, 0.25) is 0 Å². The van der Waals surface area contributed by atoms with Crippen molar-refractivity contribution < 1.29 is 4.79 Å². The lowest BCUT2D eigenvalue weighted by Crippen LogP contribution is -2.26. The summed E-state index contributed by atoms with van der Waals surface area (Å²) in [6, 6.07) is 14.1. The molecule has 6 heteroatoms. The number of hydrogen-bond acceptors (Lipinski definition) is 3. The van der Waals surface area contributed by atoms with E-state index in [9.17, 15) is 4.79 Å². The first-order valence-electron chi connectivity index (χ1n) is 10.3. The Hall–Kier alpha value is -3.12. The fourth-order valence-corrected chi connectivity index (χ4v) is 3.99. The molecular weight excluding hydrogens is 362 g/mol. The lowest BCUT2D eigenvalue weighted by Gasteiger charge is -2.25. The van der Waals surface area contributed by atoms with E-state index in [1.807, 2.05) is 18.2 Å². The van der Waals surface area contributed by atoms with E-state index in [2.05, 4.69) is 50.1 Å². The van der Waals surface area contributed by atoms with Crippen molar-refractivity contribution in [1.82, 2.24) is 25.8 Å². The molecular formula is C23H25N5O. The Kier molecular flexibility index (Phi) is 4.77. The zero-order valence-corrected chi connectivity index (χ0v) is 16.3. The van der Waals surface area contributed by atoms with Gasteiger partial charge in [0.15, 0.2) is 0 Å². The second-order valence-corrected chi connectivity index (χ2v) is 7.96. The number of fused-ring (bicyclic) bond motifs is 2. The number of nitrogens with zero attached hydrogens (tertiary/aromatic N) is 1. The first kappa shape index (κ1) is 17.9. The van der Waals surface area contributed by atoms with Crippen LogP contribution in [-0.2, 0) is 13.1 Å². The maximum Gasteiger partial charge on any atom is 0.252 e. The Morgan fingerprint density at radius 3 is 2.90 bits per heavy atom. The molecule has 0 spiro atoms. The molecule has 4 N–H and O–H groups in total. The lowest BCUT2D eigenvalue weighted by atomic mass is 9.85. The standard InChI is InChI=1S/C23H25N5O/c29-23(19-5-2-6-21-20(19)14-26-28-21)25-12-16-7-8-17-10-18(27-22(17)9-16)13-24-11-15-3-1-4-15/h2,5-10,14-15,24,27H,1,3-4,11-13H2,(H,25,29)(H,26,28). The van der Waals surface area contributed by atoms with Crippen molar-refractivity contribution >= 4 is 27.7 Å². The molecule has 0 aliphatic heterocycles. The van der Waals surface area contributed by atoms with E-state index in [0.717, 1.165) is 41.0 Å². The summed E-state index contributed by atoms with van der Waals surface area (Å²) < 4.78 is 0. The molecule has 1 fully saturated rings. The van der Waals surface area contributed by atoms with Gasteiger partial charge in [-0.1, -0.05) is 24.6 Å². The number of benzene rings is 2. The third kappa shape index (κ3) is 3.76. The van der Waals surface area contributed by atoms with Gasteiger partial charge >= 0.3 is 0 Å². The summed E-state index contributed by atoms with van der Waals surface area (Å²) in [6.45, 7) is 2.46. The second-order valence-electron chi connectivity index (χ2n) is 7.96. The van der Waals surface area contributed by atoms with Crippen LogP contribution < -0.4 is 10.6 Å². The summed E-state index contributed by atoms with van der Waals surface area (Å²) in [5.41, 5.74) is 4.88. The molecule has 1 aliphatic carbocycles. The zero-order chi connectivity index (χ0) is 19.6. The fourth-order valence-electron chi connectivity index (χ4n) is 3.99. The molecule has 29 heavy (non-hydrogen) atoms. The zero-order valence-electron chi connectivity index (χ0n) is 16.3. The first-order chi connectivity index (χ1) is 14.3. The van der Waals surface area contributed by atoms with Crippen LogP contribution in [-0.4, -0.2) is 27.6 Å². The van der Waals surface area contributed by atoms with Crippen LogP contribution in [0, 0.1) is 5.92 Å². The molecule has 0 radical (unpaired) electrons. The molecule has 0 bridgehead atoms. The van der Waals surface area contributed by atoms with Crippen molar-refractivity contribution in [2.45, 2.75) is 32.4 Å². The summed E-state index contributed by atoms with van der Waals surface area (Å²) in [6.07, 6.45) is 5.80. The molecule has 0 saturated heterocycles. The van der Waals surface area contributed by atoms with Gasteiger partial charge in [0.2, 0.25) is 0 Å². The molecule has 6 nitrogen and oxygen atoms in total. The van der Waals surface area contributed by atoms with E-state index in [1.165, 1.54) is 30.3 Å². The van der Waals surface area contributed by atoms with Crippen molar-refractivity contribution in [2.75, 3.05) is 6.54 Å². The topological polar surface area (TPSA) is 85.6 Å². The highest BCUT2D eigenvalue weighted by Gasteiger charge is 2.16. The number of nitrogens with one attached hydrogen (secondary N) is 4. The van der Waals surface area contributed by atoms with Crippen molar-refractivity contribution in [3.63, 3.8) is 0 Å². The predicted octanol–water partition coefficient (Wildman–Crippen LogP) is 3.86. The summed E-state index contributed by atoms with van der Waals surface area (Å²) in [5.74, 6) is 0.770. The normalized spacial score (nSPS) is 14.3. The minimum atomic E-state index is -0.0931. The maximum atomic E-state index is 12.6. The van der Waals surface area contributed by atoms with Gasteiger partial charge in [0.25, 0.3) is 5.91 Å². The summed E-state index contributed by atoms with van der Waals surface area (Å²) in [5, 5.41) is 15.5. The van der Waals surface area contributed by atoms with Gasteiger partial charge in [-0.2, -0.15) is 5.10 Å². The van der Waals surface area contributed by atoms with Crippen LogP contribution >= 0.6 is 0 Å². The molecule has 0 atom stereocenters. The number of amides is 1. The maximum absolute atomic E-state index is 12.6. The number of carbonyl (C=O) groups is 1. The van der Waals surface area contributed by atoms with E-state index >= 15 is 0 Å². The lowest BCUT2D eigenvalue weighted by molar-refractivity contribution is 0.0952. The molecule has 2 heterocycles. The van der Waals surface area contributed by atoms with Gasteiger partial charge in [0, 0.05) is 29.7 Å². The fraction of sp³-hybridized carbons (Fsp3) is 0.304. The van der Waals surface area contributed by atoms with Crippen LogP contribution in [0.25, 0.3) is 21.8 Å². The minimum absolute atomic E-state index is 0.0931. The summed E-state index contributed by atoms with van der Waals surface area (Å²) >= 11 is 0. The van der Waals surface area contributed by atoms with Crippen molar-refractivity contribution in [3.05, 3.63) is 65.5 Å². The van der Waals surface area contributed by atoms with E-state index in [4.69, 9.17) is 0 Å². The molecule has 1 amide bonds. The average molecular weight is 387 g/mol. The van der Waals surface area contributed by atoms with Crippen molar-refractivity contribution in [3.8, 4) is 0 Å². The predicted molar refractivity (Wildman–Crippen MR) is 115 cm³/mol. The highest BCUT2D eigenvalue weighted by Crippen LogP contribution is 2.25. The molecule has 148 valence electrons. The Morgan fingerprint density at radius 2 is 2.03 bits per heavy atom. The van der Waals surface area contributed by atoms with Crippen LogP contribution in [0.4, 0.5) is 0 Å². The third-order valence-corrected chi connectivity index (χ3v) is 5.90. The summed E-state index contributed by atoms with van der Waals surface area (Å²) in [4.78, 5) is 16.1. The highest BCUT2D eigenvalue weighted by atomic mass is 16.1. The van der Waals surface area contributed by atoms with Gasteiger partial charge in [-0.3, -0.25) is 9.89 Å². The van der Waals surface area contributed by atoms with E-state index in [0.29, 0.717) is 12.1 Å². The molecule has 4 aromatic rings. The molecule has 2 aromatic carbocycles. The first-order valence-corrected chi connectivity index (χ1v) is 10.3. The number of rotatable bonds is 7. The quantitative estimate of drug-likeness (QED) is 0.388. The van der Waals surface area contributed by atoms with Gasteiger partial charge in [0.05, 0.1) is 17.3 Å². The van der Waals surface area contributed by atoms with Crippen LogP contribution in [0.15, 0.2) is 48.7 Å². The van der Waals surface area contributed by atoms with Gasteiger partial charge in [0.1, 0.15) is 0 Å². The second kappa shape index (κ2) is 7.72. The monoisotopic (exact) mass is 387 g/mol. The average Bonchev–Trinajstić information content (AvgIpc) is 3.33. The highest BCUT2D eigenvalue weighted by molar-refractivity contribution is 6.06. The van der Waals surface area contributed by atoms with Crippen molar-refractivity contribution in [2.24, 2.45) is 5.92 Å². The molecule has 1 aliphatic rings. The number of H-pyrrole nitrogens is 2. The number of hydrogen-bond donors (Lipinski definition) is 4. The van der Waals surface area contributed by atoms with Gasteiger partial charge in [-0.15, -0.1) is 0 Å². The Bertz CT molecular complexity index is 1150. The van der Waals surface area contributed by atoms with Crippen molar-refractivity contribution in [1.29, 1.82) is 0 Å².